The van der Waals surface area contributed by atoms with Crippen LogP contribution < -0.4 is 80.1 Å². The Morgan fingerprint density at radius 3 is 0.962 bits per heavy atom. The van der Waals surface area contributed by atoms with Gasteiger partial charge in [-0.3, -0.25) is 29.3 Å². The molecule has 0 aromatic heterocycles. The SMILES string of the molecule is CC(C)Oc1cc(C(=O)O)ccc1NC(=O)c1ccc(NC(=O)c2ccc(N)c(OC(C)C)c2OCc2ccccc2)c(OC(C)C)c1O.COC(=O)c1ccc(NC(=O)c2ccc(N)c(OC(C)C)c2OCc2ccccc2)c(OC(C)C)c1.COC(=O)c1ccc(NC(=O)c2ccc([N+](=O)[O-])c(OC(C)C)c2OCc2ccccc2)c(OC(C)C)c1.Cc1ccc(C(=O)O)cc1. The number of benzene rings is 11. The Balaban J connectivity index is 0.000000235. The van der Waals surface area contributed by atoms with Gasteiger partial charge in [-0.05, 0) is 230 Å². The number of nitro benzene ring substituents is 1. The van der Waals surface area contributed by atoms with E-state index in [1.54, 1.807) is 110 Å². The lowest BCUT2D eigenvalue weighted by Gasteiger charge is -2.21. The van der Waals surface area contributed by atoms with Crippen molar-refractivity contribution in [3.05, 3.63) is 295 Å². The maximum absolute atomic E-state index is 13.8. The van der Waals surface area contributed by atoms with Crippen LogP contribution in [0.5, 0.6) is 63.2 Å². The lowest BCUT2D eigenvalue weighted by atomic mass is 10.1. The van der Waals surface area contributed by atoms with E-state index in [9.17, 15) is 58.7 Å². The third kappa shape index (κ3) is 30.0. The molecule has 11 aromatic rings. The first-order chi connectivity index (χ1) is 63.2. The predicted octanol–water partition coefficient (Wildman–Crippen LogP) is 20.1. The van der Waals surface area contributed by atoms with Crippen molar-refractivity contribution in [3.8, 4) is 63.2 Å². The number of ether oxygens (including phenoxy) is 12. The number of nitrogen functional groups attached to an aromatic ring is 2. The summed E-state index contributed by atoms with van der Waals surface area (Å²) < 4.78 is 68.7. The van der Waals surface area contributed by atoms with Gasteiger partial charge >= 0.3 is 29.6 Å². The van der Waals surface area contributed by atoms with Gasteiger partial charge in [0, 0.05) is 6.07 Å². The largest absolute Gasteiger partial charge is 0.504 e. The van der Waals surface area contributed by atoms with Crippen LogP contribution in [-0.4, -0.2) is 125 Å². The number of hydrogen-bond donors (Lipinski definition) is 9. The summed E-state index contributed by atoms with van der Waals surface area (Å²) in [6.45, 7) is 27.4. The number of amides is 4. The van der Waals surface area contributed by atoms with Crippen molar-refractivity contribution in [2.24, 2.45) is 0 Å². The summed E-state index contributed by atoms with van der Waals surface area (Å²) in [4.78, 5) is 111. The zero-order valence-electron chi connectivity index (χ0n) is 76.9. The smallest absolute Gasteiger partial charge is 0.337 e. The number of nitrogens with zero attached hydrogens (tertiary/aromatic N) is 1. The van der Waals surface area contributed by atoms with E-state index in [-0.39, 0.29) is 158 Å². The zero-order chi connectivity index (χ0) is 97.4. The van der Waals surface area contributed by atoms with Gasteiger partial charge in [-0.1, -0.05) is 109 Å². The molecular weight excluding hydrogens is 1710 g/mol. The molecule has 0 spiro atoms. The molecule has 0 saturated carbocycles. The molecule has 0 aliphatic carbocycles. The molecule has 0 aliphatic heterocycles. The fourth-order valence-corrected chi connectivity index (χ4v) is 12.3. The van der Waals surface area contributed by atoms with E-state index in [0.29, 0.717) is 34.0 Å². The number of carbonyl (C=O) groups is 8. The van der Waals surface area contributed by atoms with Gasteiger partial charge < -0.3 is 105 Å². The molecule has 32 nitrogen and oxygen atoms in total. The number of aryl methyl sites for hydroxylation is 1. The molecule has 0 radical (unpaired) electrons. The number of aromatic hydroxyl groups is 1. The van der Waals surface area contributed by atoms with E-state index >= 15 is 0 Å². The predicted molar refractivity (Wildman–Crippen MR) is 504 cm³/mol. The minimum atomic E-state index is -1.16. The molecule has 0 aliphatic rings. The Morgan fingerprint density at radius 1 is 0.338 bits per heavy atom. The molecule has 0 bridgehead atoms. The highest BCUT2D eigenvalue weighted by Gasteiger charge is 2.32. The van der Waals surface area contributed by atoms with Crippen molar-refractivity contribution >= 4 is 87.3 Å². The zero-order valence-corrected chi connectivity index (χ0v) is 76.9. The molecule has 0 atom stereocenters. The van der Waals surface area contributed by atoms with Crippen LogP contribution in [0.1, 0.15) is 202 Å². The molecule has 11 rings (SSSR count). The molecule has 700 valence electrons. The van der Waals surface area contributed by atoms with Gasteiger partial charge in [-0.15, -0.1) is 0 Å². The monoisotopic (exact) mass is 1820 g/mol. The topological polar surface area (TPSA) is 451 Å². The van der Waals surface area contributed by atoms with Gasteiger partial charge in [0.1, 0.15) is 37.1 Å². The molecule has 0 unspecified atom stereocenters. The van der Waals surface area contributed by atoms with Crippen molar-refractivity contribution in [2.45, 2.75) is 166 Å². The highest BCUT2D eigenvalue weighted by atomic mass is 16.6. The number of rotatable bonds is 36. The molecule has 11 aromatic carbocycles. The number of phenolic OH excluding ortho intramolecular Hbond substituents is 1. The lowest BCUT2D eigenvalue weighted by Crippen LogP contribution is -2.19. The van der Waals surface area contributed by atoms with Crippen molar-refractivity contribution in [2.75, 3.05) is 47.0 Å². The van der Waals surface area contributed by atoms with Crippen molar-refractivity contribution in [1.29, 1.82) is 0 Å². The number of aromatic carboxylic acids is 2. The number of phenols is 1. The number of nitrogens with one attached hydrogen (secondary N) is 4. The molecule has 4 amide bonds. The first-order valence-electron chi connectivity index (χ1n) is 42.3. The van der Waals surface area contributed by atoms with Crippen LogP contribution in [0.4, 0.5) is 39.8 Å². The van der Waals surface area contributed by atoms with Crippen molar-refractivity contribution in [1.82, 2.24) is 0 Å². The van der Waals surface area contributed by atoms with Crippen molar-refractivity contribution in [3.63, 3.8) is 0 Å². The Morgan fingerprint density at radius 2 is 0.624 bits per heavy atom. The second kappa shape index (κ2) is 49.0. The minimum Gasteiger partial charge on any atom is -0.504 e. The number of anilines is 6. The number of carboxylic acid groups (broad SMARTS) is 2. The Hall–Kier alpha value is -16.0. The molecule has 0 fully saturated rings. The number of esters is 2. The van der Waals surface area contributed by atoms with Crippen LogP contribution >= 0.6 is 0 Å². The highest BCUT2D eigenvalue weighted by molar-refractivity contribution is 6.12. The Labute approximate surface area is 770 Å². The average molecular weight is 1820 g/mol. The second-order valence-electron chi connectivity index (χ2n) is 31.5. The summed E-state index contributed by atoms with van der Waals surface area (Å²) in [6, 6.07) is 59.6. The van der Waals surface area contributed by atoms with Crippen molar-refractivity contribution < 1.29 is 115 Å². The standard InChI is InChI=1S/C37H41N3O9.C28H30N2O8.C28H32N2O6.C8H8O2/c1-20(2)47-30-18-24(37(44)45)12-16-28(30)39-35(42)25-14-17-29(34(31(25)41)49-22(5)6)40-36(43)26-13-15-27(38)33(48-21(3)4)32(26)46-19-23-10-8-7-9-11-23;1-17(2)37-24-15-20(28(32)35-5)11-13-22(24)29-27(31)21-12-14-23(30(33)34)26(38-18(3)4)25(21)36-16-19-9-7-6-8-10-19;1-17(2)35-24-15-20(28(32)33-5)11-14-23(24)30-27(31)21-12-13-22(29)26(36-18(3)4)25(21)34-16-19-9-7-6-8-10-19;1-6-2-4-7(5-3-6)8(9)10/h7-18,20-22,41H,19,38H2,1-6H3,(H,39,42)(H,40,43)(H,44,45);6-15,17-18H,16H2,1-5H3,(H,29,31);6-15,17-18H,16,29H2,1-5H3,(H,30,31);2-5H,1H3,(H,9,10). The maximum atomic E-state index is 13.8. The number of hydrogen-bond acceptors (Lipinski definition) is 25. The van der Waals surface area contributed by atoms with Gasteiger partial charge in [0.05, 0.1) is 141 Å². The summed E-state index contributed by atoms with van der Waals surface area (Å²) in [7, 11) is 2.57. The second-order valence-corrected chi connectivity index (χ2v) is 31.5. The molecule has 133 heavy (non-hydrogen) atoms. The van der Waals surface area contributed by atoms with Gasteiger partial charge in [0.2, 0.25) is 5.75 Å². The third-order valence-corrected chi connectivity index (χ3v) is 18.2. The normalized spacial score (nSPS) is 10.7. The van der Waals surface area contributed by atoms with E-state index in [4.69, 9.17) is 73.4 Å². The average Bonchev–Trinajstić information content (AvgIpc) is 0.793. The summed E-state index contributed by atoms with van der Waals surface area (Å²) >= 11 is 0. The third-order valence-electron chi connectivity index (χ3n) is 18.2. The van der Waals surface area contributed by atoms with E-state index in [1.165, 1.54) is 87.0 Å². The number of carbonyl (C=O) groups excluding carboxylic acids is 6. The van der Waals surface area contributed by atoms with E-state index in [0.717, 1.165) is 22.3 Å². The number of carboxylic acids is 2. The molecule has 11 N–H and O–H groups in total. The number of nitro groups is 1. The fourth-order valence-electron chi connectivity index (χ4n) is 12.3. The van der Waals surface area contributed by atoms with E-state index in [2.05, 4.69) is 21.3 Å². The van der Waals surface area contributed by atoms with E-state index < -0.39 is 70.4 Å². The Bertz CT molecular complexity index is 5890. The summed E-state index contributed by atoms with van der Waals surface area (Å²) in [5.41, 5.74) is 18.4. The van der Waals surface area contributed by atoms with Crippen LogP contribution in [0.2, 0.25) is 0 Å². The van der Waals surface area contributed by atoms with E-state index in [1.807, 2.05) is 139 Å². The first kappa shape index (κ1) is 102. The molecular formula is C101H111N7O25. The van der Waals surface area contributed by atoms with Crippen LogP contribution in [0.15, 0.2) is 218 Å². The van der Waals surface area contributed by atoms with Crippen LogP contribution in [-0.2, 0) is 29.3 Å². The summed E-state index contributed by atoms with van der Waals surface area (Å²) in [5.74, 6) is -4.78. The highest BCUT2D eigenvalue weighted by Crippen LogP contribution is 2.46. The number of methoxy groups -OCH3 is 2. The molecule has 0 heterocycles. The van der Waals surface area contributed by atoms with Crippen LogP contribution in [0, 0.1) is 17.0 Å². The minimum absolute atomic E-state index is 0.0229. The van der Waals surface area contributed by atoms with Gasteiger partial charge in [-0.2, -0.15) is 0 Å². The maximum Gasteiger partial charge on any atom is 0.337 e. The first-order valence-corrected chi connectivity index (χ1v) is 42.3. The van der Waals surface area contributed by atoms with Crippen LogP contribution in [0.3, 0.4) is 0 Å². The van der Waals surface area contributed by atoms with Crippen LogP contribution in [0.25, 0.3) is 0 Å². The fraction of sp³-hybridized carbons (Fsp3) is 0.267. The molecule has 32 heteroatoms. The lowest BCUT2D eigenvalue weighted by molar-refractivity contribution is -0.386. The quantitative estimate of drug-likeness (QED) is 0.00762. The van der Waals surface area contributed by atoms with Gasteiger partial charge in [-0.25, -0.2) is 19.2 Å². The summed E-state index contributed by atoms with van der Waals surface area (Å²) in [5, 5.41) is 52.0. The van der Waals surface area contributed by atoms with Gasteiger partial charge in [0.25, 0.3) is 23.6 Å². The molecule has 0 saturated heterocycles. The van der Waals surface area contributed by atoms with Gasteiger partial charge in [0.15, 0.2) is 40.2 Å². The number of nitrogens with two attached hydrogens (primary N) is 2. The summed E-state index contributed by atoms with van der Waals surface area (Å²) in [6.07, 6.45) is -2.12. The Kier molecular flexibility index (Phi) is 37.7.